The molecule has 1 heterocycles. The molecule has 0 radical (unpaired) electrons. The molecule has 6 rings (SSSR count). The van der Waals surface area contributed by atoms with Crippen LogP contribution in [0.15, 0.2) is 103 Å². The lowest BCUT2D eigenvalue weighted by molar-refractivity contribution is -0.149. The number of alkyl carbamates (subject to hydrolysis) is 1. The molecule has 4 bridgehead atoms. The van der Waals surface area contributed by atoms with Crippen molar-refractivity contribution in [3.8, 4) is 22.6 Å². The average Bonchev–Trinajstić information content (AvgIpc) is 3.26. The van der Waals surface area contributed by atoms with Crippen molar-refractivity contribution in [2.24, 2.45) is 0 Å². The number of nitrogens with one attached hydrogen (secondary N) is 4. The fraction of sp³-hybridized carbons (Fsp3) is 0.353. The number of fused-ring (bicyclic) bond motifs is 9. The van der Waals surface area contributed by atoms with Crippen LogP contribution in [-0.4, -0.2) is 74.3 Å². The second kappa shape index (κ2) is 21.5. The summed E-state index contributed by atoms with van der Waals surface area (Å²) in [5.74, 6) is -1.21. The van der Waals surface area contributed by atoms with E-state index in [9.17, 15) is 24.0 Å². The Hall–Kier alpha value is -6.89. The zero-order valence-corrected chi connectivity index (χ0v) is 37.4. The third-order valence-corrected chi connectivity index (χ3v) is 10.9. The number of ether oxygens (including phenoxy) is 4. The minimum Gasteiger partial charge on any atom is -0.496 e. The predicted molar refractivity (Wildman–Crippen MR) is 247 cm³/mol. The fourth-order valence-corrected chi connectivity index (χ4v) is 7.99. The normalized spacial score (nSPS) is 17.0. The number of hydrogen-bond acceptors (Lipinski definition) is 9. The summed E-state index contributed by atoms with van der Waals surface area (Å²) in [5, 5.41) is 15.0. The van der Waals surface area contributed by atoms with Gasteiger partial charge in [-0.05, 0) is 103 Å². The summed E-state index contributed by atoms with van der Waals surface area (Å²) in [6, 6.07) is 25.8. The summed E-state index contributed by atoms with van der Waals surface area (Å²) >= 11 is 0. The Morgan fingerprint density at radius 3 is 1.98 bits per heavy atom. The first kappa shape index (κ1) is 46.6. The van der Waals surface area contributed by atoms with Gasteiger partial charge in [-0.25, -0.2) is 9.59 Å². The monoisotopic (exact) mass is 870 g/mol. The Labute approximate surface area is 374 Å². The molecule has 64 heavy (non-hydrogen) atoms. The topological polar surface area (TPSA) is 170 Å². The van der Waals surface area contributed by atoms with Crippen LogP contribution in [0.1, 0.15) is 70.1 Å². The average molecular weight is 871 g/mol. The fourth-order valence-electron chi connectivity index (χ4n) is 7.99. The van der Waals surface area contributed by atoms with Crippen molar-refractivity contribution in [2.45, 2.75) is 96.6 Å². The molecule has 1 aliphatic heterocycles. The van der Waals surface area contributed by atoms with Crippen molar-refractivity contribution >= 4 is 51.3 Å². The van der Waals surface area contributed by atoms with Crippen LogP contribution in [0.3, 0.4) is 0 Å². The number of hydrogen-bond donors (Lipinski definition) is 4. The summed E-state index contributed by atoms with van der Waals surface area (Å²) in [5.41, 5.74) is 3.18. The van der Waals surface area contributed by atoms with Gasteiger partial charge in [0.05, 0.1) is 14.2 Å². The van der Waals surface area contributed by atoms with Crippen LogP contribution in [0.2, 0.25) is 0 Å². The number of methoxy groups -OCH3 is 2. The number of rotatable bonds is 11. The van der Waals surface area contributed by atoms with Crippen molar-refractivity contribution in [1.82, 2.24) is 21.3 Å². The summed E-state index contributed by atoms with van der Waals surface area (Å²) in [6.07, 6.45) is 4.69. The van der Waals surface area contributed by atoms with E-state index >= 15 is 0 Å². The van der Waals surface area contributed by atoms with E-state index in [1.165, 1.54) is 6.92 Å². The summed E-state index contributed by atoms with van der Waals surface area (Å²) in [4.78, 5) is 67.8. The molecule has 3 atom stereocenters. The molecule has 5 aromatic rings. The molecule has 336 valence electrons. The molecule has 0 aliphatic carbocycles. The van der Waals surface area contributed by atoms with E-state index in [-0.39, 0.29) is 32.4 Å². The molecular weight excluding hydrogens is 813 g/mol. The Morgan fingerprint density at radius 1 is 0.750 bits per heavy atom. The first-order valence-corrected chi connectivity index (χ1v) is 21.6. The van der Waals surface area contributed by atoms with Gasteiger partial charge in [-0.1, -0.05) is 91.0 Å². The number of carbonyl (C=O) groups is 5. The van der Waals surface area contributed by atoms with Crippen molar-refractivity contribution in [2.75, 3.05) is 20.8 Å². The Morgan fingerprint density at radius 2 is 1.36 bits per heavy atom. The second-order valence-electron chi connectivity index (χ2n) is 16.8. The van der Waals surface area contributed by atoms with E-state index in [1.807, 2.05) is 97.1 Å². The highest BCUT2D eigenvalue weighted by Crippen LogP contribution is 2.48. The van der Waals surface area contributed by atoms with Gasteiger partial charge in [-0.15, -0.1) is 0 Å². The lowest BCUT2D eigenvalue weighted by atomic mass is 9.87. The first-order valence-electron chi connectivity index (χ1n) is 21.6. The van der Waals surface area contributed by atoms with Crippen LogP contribution in [0.5, 0.6) is 11.5 Å². The number of amides is 4. The third kappa shape index (κ3) is 12.0. The Kier molecular flexibility index (Phi) is 15.6. The molecule has 0 saturated heterocycles. The molecule has 0 spiro atoms. The second-order valence-corrected chi connectivity index (χ2v) is 16.8. The third-order valence-electron chi connectivity index (χ3n) is 10.9. The summed E-state index contributed by atoms with van der Waals surface area (Å²) in [6.45, 7) is 6.89. The molecule has 13 heteroatoms. The molecule has 4 N–H and O–H groups in total. The molecule has 1 aliphatic rings. The van der Waals surface area contributed by atoms with E-state index in [2.05, 4.69) is 27.3 Å². The van der Waals surface area contributed by atoms with Crippen LogP contribution >= 0.6 is 0 Å². The minimum absolute atomic E-state index is 0.00230. The maximum atomic E-state index is 14.5. The molecule has 4 amide bonds. The molecule has 0 aromatic heterocycles. The Bertz CT molecular complexity index is 2510. The number of carbonyl (C=O) groups excluding carboxylic acids is 5. The molecular formula is C51H58N4O9. The largest absolute Gasteiger partial charge is 0.496 e. The first-order chi connectivity index (χ1) is 30.8. The van der Waals surface area contributed by atoms with Gasteiger partial charge in [0.1, 0.15) is 41.8 Å². The van der Waals surface area contributed by atoms with Crippen molar-refractivity contribution in [3.05, 3.63) is 120 Å². The van der Waals surface area contributed by atoms with E-state index < -0.39 is 53.5 Å². The molecule has 1 unspecified atom stereocenters. The van der Waals surface area contributed by atoms with Gasteiger partial charge in [0.2, 0.25) is 17.7 Å². The van der Waals surface area contributed by atoms with Crippen LogP contribution in [-0.2, 0) is 48.1 Å². The van der Waals surface area contributed by atoms with Crippen LogP contribution in [0.4, 0.5) is 4.79 Å². The standard InChI is InChI=1S/C51H58N4O9/c1-32(56)53-42-30-37-29-35-21-11-14-24-39(35)44(46(37)62-6)43-38-23-13-10-20-34(38)28-36(45(43)61-5)22-12-15-26-41(49(59)63-31-33-18-8-7-9-19-33)55-47(57)40(54-48(42)58)25-16-17-27-52-50(60)64-51(2,3)4/h7-15,18-21,23-24,28-29,40-42H,16-17,22,25-27,30-31H2,1-6H3,(H,52,60)(H,53,56)(H,54,58)(H,55,57)/t40-,41-,42?/m1/s1. The zero-order chi connectivity index (χ0) is 45.8. The SMILES string of the molecule is COc1c2cc3ccccc3c1-c1c(OC)c(cc3ccccc13)CC(NC(C)=O)C(=O)N[C@H](CCCCNC(=O)OC(C)(C)C)C(=O)N[C@@H](C(=O)OCc1ccccc1)CC=CC2. The lowest BCUT2D eigenvalue weighted by Crippen LogP contribution is -2.56. The van der Waals surface area contributed by atoms with E-state index in [0.717, 1.165) is 43.8 Å². The minimum atomic E-state index is -1.15. The van der Waals surface area contributed by atoms with E-state index in [4.69, 9.17) is 18.9 Å². The predicted octanol–water partition coefficient (Wildman–Crippen LogP) is 7.63. The maximum Gasteiger partial charge on any atom is 0.407 e. The smallest absolute Gasteiger partial charge is 0.407 e. The number of allylic oxidation sites excluding steroid dienone is 1. The highest BCUT2D eigenvalue weighted by molar-refractivity contribution is 6.11. The molecule has 0 saturated carbocycles. The van der Waals surface area contributed by atoms with Crippen LogP contribution in [0.25, 0.3) is 32.7 Å². The number of esters is 1. The van der Waals surface area contributed by atoms with E-state index in [0.29, 0.717) is 36.3 Å². The van der Waals surface area contributed by atoms with Gasteiger partial charge in [-0.3, -0.25) is 14.4 Å². The van der Waals surface area contributed by atoms with E-state index in [1.54, 1.807) is 35.0 Å². The maximum absolute atomic E-state index is 14.5. The van der Waals surface area contributed by atoms with Crippen molar-refractivity contribution < 1.29 is 42.9 Å². The molecule has 13 nitrogen and oxygen atoms in total. The Balaban J connectivity index is 1.44. The van der Waals surface area contributed by atoms with Crippen LogP contribution in [0, 0.1) is 0 Å². The highest BCUT2D eigenvalue weighted by atomic mass is 16.6. The number of benzene rings is 5. The van der Waals surface area contributed by atoms with Gasteiger partial charge >= 0.3 is 12.1 Å². The van der Waals surface area contributed by atoms with Gasteiger partial charge in [-0.2, -0.15) is 0 Å². The molecule has 0 fully saturated rings. The van der Waals surface area contributed by atoms with Gasteiger partial charge in [0, 0.05) is 31.0 Å². The van der Waals surface area contributed by atoms with Gasteiger partial charge in [0.15, 0.2) is 0 Å². The zero-order valence-electron chi connectivity index (χ0n) is 37.4. The highest BCUT2D eigenvalue weighted by Gasteiger charge is 2.32. The van der Waals surface area contributed by atoms with Gasteiger partial charge in [0.25, 0.3) is 0 Å². The summed E-state index contributed by atoms with van der Waals surface area (Å²) in [7, 11) is 3.21. The van der Waals surface area contributed by atoms with Crippen molar-refractivity contribution in [1.29, 1.82) is 0 Å². The lowest BCUT2D eigenvalue weighted by Gasteiger charge is -2.26. The van der Waals surface area contributed by atoms with Crippen LogP contribution < -0.4 is 30.7 Å². The number of unbranched alkanes of at least 4 members (excludes halogenated alkanes) is 1. The summed E-state index contributed by atoms with van der Waals surface area (Å²) < 4.78 is 23.6. The quantitative estimate of drug-likeness (QED) is 0.0592. The molecule has 5 aromatic carbocycles. The van der Waals surface area contributed by atoms with Crippen molar-refractivity contribution in [3.63, 3.8) is 0 Å². The van der Waals surface area contributed by atoms with Gasteiger partial charge < -0.3 is 40.2 Å².